The van der Waals surface area contributed by atoms with Crippen molar-refractivity contribution in [2.75, 3.05) is 31.7 Å². The van der Waals surface area contributed by atoms with E-state index in [1.54, 1.807) is 37.2 Å². The minimum absolute atomic E-state index is 0.0174. The van der Waals surface area contributed by atoms with Crippen LogP contribution in [-0.4, -0.2) is 31.4 Å². The summed E-state index contributed by atoms with van der Waals surface area (Å²) in [5, 5.41) is 3.26. The van der Waals surface area contributed by atoms with Gasteiger partial charge in [-0.25, -0.2) is 0 Å². The summed E-state index contributed by atoms with van der Waals surface area (Å²) in [7, 11) is 3.48. The molecule has 0 heterocycles. The Hall–Kier alpha value is -1.71. The number of nitrogen functional groups attached to an aromatic ring is 1. The van der Waals surface area contributed by atoms with E-state index in [1.807, 2.05) is 0 Å². The molecule has 4 nitrogen and oxygen atoms in total. The van der Waals surface area contributed by atoms with Crippen LogP contribution < -0.4 is 11.1 Å². The second kappa shape index (κ2) is 5.57. The van der Waals surface area contributed by atoms with Gasteiger partial charge in [-0.2, -0.15) is 0 Å². The number of carbonyl (C=O) groups excluding carboxylic acids is 1. The largest absolute Gasteiger partial charge is 0.399 e. The van der Waals surface area contributed by atoms with Crippen molar-refractivity contribution in [2.24, 2.45) is 5.92 Å². The molecule has 1 aromatic carbocycles. The molecule has 4 heteroatoms. The van der Waals surface area contributed by atoms with Gasteiger partial charge in [0.25, 0.3) is 5.91 Å². The fraction of sp³-hybridized carbons (Fsp3) is 0.462. The summed E-state index contributed by atoms with van der Waals surface area (Å²) in [4.78, 5) is 13.5. The van der Waals surface area contributed by atoms with E-state index in [0.717, 1.165) is 12.2 Å². The average molecular weight is 235 g/mol. The summed E-state index contributed by atoms with van der Waals surface area (Å²) in [6.45, 7) is 5.05. The molecule has 0 saturated carbocycles. The van der Waals surface area contributed by atoms with Crippen LogP contribution in [0.5, 0.6) is 0 Å². The van der Waals surface area contributed by atoms with Gasteiger partial charge >= 0.3 is 0 Å². The standard InChI is InChI=1S/C13H21N3O/c1-9(2)8-15-12-7-10(14)5-6-11(12)13(17)16(3)4/h5-7,9,15H,8,14H2,1-4H3. The predicted octanol–water partition coefficient (Wildman–Crippen LogP) is 2.04. The first kappa shape index (κ1) is 13.4. The first-order chi connectivity index (χ1) is 7.91. The topological polar surface area (TPSA) is 58.4 Å². The average Bonchev–Trinajstić information content (AvgIpc) is 2.25. The molecular formula is C13H21N3O. The molecule has 1 rings (SSSR count). The monoisotopic (exact) mass is 235 g/mol. The minimum atomic E-state index is -0.0174. The molecule has 0 aliphatic rings. The van der Waals surface area contributed by atoms with Gasteiger partial charge in [-0.15, -0.1) is 0 Å². The molecule has 0 aliphatic carbocycles. The smallest absolute Gasteiger partial charge is 0.255 e. The van der Waals surface area contributed by atoms with E-state index in [1.165, 1.54) is 0 Å². The number of nitrogens with zero attached hydrogens (tertiary/aromatic N) is 1. The molecule has 0 aromatic heterocycles. The number of nitrogens with one attached hydrogen (secondary N) is 1. The van der Waals surface area contributed by atoms with Crippen molar-refractivity contribution in [2.45, 2.75) is 13.8 Å². The van der Waals surface area contributed by atoms with Gasteiger partial charge in [0.05, 0.1) is 5.56 Å². The lowest BCUT2D eigenvalue weighted by Crippen LogP contribution is -2.23. The highest BCUT2D eigenvalue weighted by molar-refractivity contribution is 5.99. The number of hydrogen-bond acceptors (Lipinski definition) is 3. The van der Waals surface area contributed by atoms with Crippen LogP contribution in [0.25, 0.3) is 0 Å². The summed E-state index contributed by atoms with van der Waals surface area (Å²) in [5.41, 5.74) is 7.86. The first-order valence-corrected chi connectivity index (χ1v) is 5.77. The molecule has 0 aliphatic heterocycles. The highest BCUT2D eigenvalue weighted by Crippen LogP contribution is 2.20. The van der Waals surface area contributed by atoms with Crippen molar-refractivity contribution in [3.05, 3.63) is 23.8 Å². The van der Waals surface area contributed by atoms with Crippen molar-refractivity contribution in [3.8, 4) is 0 Å². The van der Waals surface area contributed by atoms with E-state index in [9.17, 15) is 4.79 Å². The molecule has 0 saturated heterocycles. The van der Waals surface area contributed by atoms with Gasteiger partial charge in [0.1, 0.15) is 0 Å². The highest BCUT2D eigenvalue weighted by atomic mass is 16.2. The van der Waals surface area contributed by atoms with Crippen LogP contribution in [0.3, 0.4) is 0 Å². The number of nitrogens with two attached hydrogens (primary N) is 1. The number of amides is 1. The zero-order chi connectivity index (χ0) is 13.0. The lowest BCUT2D eigenvalue weighted by molar-refractivity contribution is 0.0828. The Labute approximate surface area is 103 Å². The van der Waals surface area contributed by atoms with Gasteiger partial charge in [-0.05, 0) is 24.1 Å². The van der Waals surface area contributed by atoms with E-state index < -0.39 is 0 Å². The van der Waals surface area contributed by atoms with Crippen molar-refractivity contribution in [1.29, 1.82) is 0 Å². The lowest BCUT2D eigenvalue weighted by Gasteiger charge is -2.16. The van der Waals surface area contributed by atoms with Crippen LogP contribution in [0.1, 0.15) is 24.2 Å². The number of benzene rings is 1. The summed E-state index contributed by atoms with van der Waals surface area (Å²) >= 11 is 0. The maximum Gasteiger partial charge on any atom is 0.255 e. The number of carbonyl (C=O) groups is 1. The molecule has 0 unspecified atom stereocenters. The molecule has 0 bridgehead atoms. The van der Waals surface area contributed by atoms with Gasteiger partial charge in [0.2, 0.25) is 0 Å². The Balaban J connectivity index is 2.99. The third kappa shape index (κ3) is 3.66. The predicted molar refractivity (Wildman–Crippen MR) is 72.2 cm³/mol. The molecule has 17 heavy (non-hydrogen) atoms. The van der Waals surface area contributed by atoms with Crippen LogP contribution in [0.15, 0.2) is 18.2 Å². The lowest BCUT2D eigenvalue weighted by atomic mass is 10.1. The molecule has 0 atom stereocenters. The van der Waals surface area contributed by atoms with Crippen molar-refractivity contribution in [1.82, 2.24) is 4.90 Å². The number of rotatable bonds is 4. The normalized spacial score (nSPS) is 10.4. The van der Waals surface area contributed by atoms with E-state index in [2.05, 4.69) is 19.2 Å². The third-order valence-electron chi connectivity index (χ3n) is 2.38. The van der Waals surface area contributed by atoms with Gasteiger partial charge in [-0.1, -0.05) is 13.8 Å². The summed E-state index contributed by atoms with van der Waals surface area (Å²) < 4.78 is 0. The zero-order valence-corrected chi connectivity index (χ0v) is 10.9. The quantitative estimate of drug-likeness (QED) is 0.785. The van der Waals surface area contributed by atoms with Crippen LogP contribution in [0.4, 0.5) is 11.4 Å². The molecule has 1 amide bonds. The summed E-state index contributed by atoms with van der Waals surface area (Å²) in [5.74, 6) is 0.495. The molecule has 0 fully saturated rings. The highest BCUT2D eigenvalue weighted by Gasteiger charge is 2.13. The Kier molecular flexibility index (Phi) is 4.37. The maximum absolute atomic E-state index is 12.0. The third-order valence-corrected chi connectivity index (χ3v) is 2.38. The zero-order valence-electron chi connectivity index (χ0n) is 10.9. The Morgan fingerprint density at radius 3 is 2.59 bits per heavy atom. The van der Waals surface area contributed by atoms with Crippen LogP contribution in [0.2, 0.25) is 0 Å². The van der Waals surface area contributed by atoms with E-state index in [0.29, 0.717) is 17.2 Å². The Morgan fingerprint density at radius 2 is 2.06 bits per heavy atom. The summed E-state index contributed by atoms with van der Waals surface area (Å²) in [6, 6.07) is 5.32. The molecule has 3 N–H and O–H groups in total. The molecule has 0 radical (unpaired) electrons. The van der Waals surface area contributed by atoms with E-state index >= 15 is 0 Å². The van der Waals surface area contributed by atoms with Gasteiger partial charge < -0.3 is 16.0 Å². The van der Waals surface area contributed by atoms with Crippen LogP contribution in [0, 0.1) is 5.92 Å². The van der Waals surface area contributed by atoms with Gasteiger partial charge in [-0.3, -0.25) is 4.79 Å². The Morgan fingerprint density at radius 1 is 1.41 bits per heavy atom. The fourth-order valence-electron chi connectivity index (χ4n) is 1.45. The molecular weight excluding hydrogens is 214 g/mol. The van der Waals surface area contributed by atoms with Gasteiger partial charge in [0, 0.05) is 32.0 Å². The van der Waals surface area contributed by atoms with E-state index in [4.69, 9.17) is 5.73 Å². The fourth-order valence-corrected chi connectivity index (χ4v) is 1.45. The van der Waals surface area contributed by atoms with E-state index in [-0.39, 0.29) is 5.91 Å². The Bertz CT molecular complexity index is 400. The number of anilines is 2. The summed E-state index contributed by atoms with van der Waals surface area (Å²) in [6.07, 6.45) is 0. The molecule has 0 spiro atoms. The van der Waals surface area contributed by atoms with Crippen LogP contribution >= 0.6 is 0 Å². The second-order valence-corrected chi connectivity index (χ2v) is 4.78. The van der Waals surface area contributed by atoms with Crippen molar-refractivity contribution in [3.63, 3.8) is 0 Å². The SMILES string of the molecule is CC(C)CNc1cc(N)ccc1C(=O)N(C)C. The number of hydrogen-bond donors (Lipinski definition) is 2. The second-order valence-electron chi connectivity index (χ2n) is 4.78. The maximum atomic E-state index is 12.0. The van der Waals surface area contributed by atoms with Crippen LogP contribution in [-0.2, 0) is 0 Å². The minimum Gasteiger partial charge on any atom is -0.399 e. The molecule has 1 aromatic rings. The van der Waals surface area contributed by atoms with Gasteiger partial charge in [0.15, 0.2) is 0 Å². The van der Waals surface area contributed by atoms with Crippen molar-refractivity contribution >= 4 is 17.3 Å². The molecule has 94 valence electrons. The first-order valence-electron chi connectivity index (χ1n) is 5.77. The van der Waals surface area contributed by atoms with Crippen molar-refractivity contribution < 1.29 is 4.79 Å².